The normalized spacial score (nSPS) is 20.7. The number of carbonyl (C=O) groups is 1. The number of hydrogen-bond donors (Lipinski definition) is 0. The molecule has 1 aromatic rings. The minimum atomic E-state index is -0.154. The zero-order chi connectivity index (χ0) is 18.3. The standard InChI is InChI=1S/C24H38O/c1-5-7-9-10-11-12-16-24(4)18-21-15-14-20(17-22(21)23(24)25)19(3)13-8-6-2/h14-15,17,19H,5-13,16,18H2,1-4H3. The molecule has 0 spiro atoms. The maximum absolute atomic E-state index is 13.1. The Morgan fingerprint density at radius 1 is 1.00 bits per heavy atom. The Balaban J connectivity index is 1.95. The molecular formula is C24H38O. The van der Waals surface area contributed by atoms with Crippen LogP contribution in [0.5, 0.6) is 0 Å². The lowest BCUT2D eigenvalue weighted by Crippen LogP contribution is -2.23. The number of rotatable bonds is 11. The lowest BCUT2D eigenvalue weighted by molar-refractivity contribution is 0.0826. The van der Waals surface area contributed by atoms with Crippen molar-refractivity contribution in [2.75, 3.05) is 0 Å². The number of ketones is 1. The topological polar surface area (TPSA) is 17.1 Å². The molecule has 2 atom stereocenters. The molecule has 0 aromatic heterocycles. The molecule has 0 saturated heterocycles. The summed E-state index contributed by atoms with van der Waals surface area (Å²) >= 11 is 0. The quantitative estimate of drug-likeness (QED) is 0.381. The molecule has 0 amide bonds. The summed E-state index contributed by atoms with van der Waals surface area (Å²) in [6, 6.07) is 6.71. The summed E-state index contributed by atoms with van der Waals surface area (Å²) < 4.78 is 0. The van der Waals surface area contributed by atoms with Crippen LogP contribution >= 0.6 is 0 Å². The highest BCUT2D eigenvalue weighted by atomic mass is 16.1. The van der Waals surface area contributed by atoms with Gasteiger partial charge in [-0.3, -0.25) is 4.79 Å². The summed E-state index contributed by atoms with van der Waals surface area (Å²) in [5.74, 6) is 0.962. The number of hydrogen-bond acceptors (Lipinski definition) is 1. The Hall–Kier alpha value is -1.11. The molecule has 0 aliphatic heterocycles. The van der Waals surface area contributed by atoms with Crippen molar-refractivity contribution in [3.63, 3.8) is 0 Å². The molecule has 0 bridgehead atoms. The Morgan fingerprint density at radius 2 is 1.68 bits per heavy atom. The molecule has 0 heterocycles. The van der Waals surface area contributed by atoms with Crippen LogP contribution in [-0.2, 0) is 6.42 Å². The van der Waals surface area contributed by atoms with Crippen LogP contribution in [0.15, 0.2) is 18.2 Å². The molecule has 25 heavy (non-hydrogen) atoms. The van der Waals surface area contributed by atoms with Gasteiger partial charge in [0.2, 0.25) is 0 Å². The van der Waals surface area contributed by atoms with Gasteiger partial charge >= 0.3 is 0 Å². The molecule has 1 aromatic carbocycles. The van der Waals surface area contributed by atoms with Gasteiger partial charge in [-0.05, 0) is 42.4 Å². The molecule has 0 radical (unpaired) electrons. The van der Waals surface area contributed by atoms with Crippen molar-refractivity contribution in [3.05, 3.63) is 34.9 Å². The third-order valence-electron chi connectivity index (χ3n) is 6.15. The van der Waals surface area contributed by atoms with E-state index in [4.69, 9.17) is 0 Å². The van der Waals surface area contributed by atoms with E-state index in [2.05, 4.69) is 45.9 Å². The zero-order valence-electron chi connectivity index (χ0n) is 17.0. The summed E-state index contributed by atoms with van der Waals surface area (Å²) in [5.41, 5.74) is 3.50. The van der Waals surface area contributed by atoms with Crippen LogP contribution in [0.25, 0.3) is 0 Å². The minimum absolute atomic E-state index is 0.154. The van der Waals surface area contributed by atoms with Gasteiger partial charge in [0.1, 0.15) is 0 Å². The van der Waals surface area contributed by atoms with Crippen LogP contribution < -0.4 is 0 Å². The molecule has 0 fully saturated rings. The van der Waals surface area contributed by atoms with Gasteiger partial charge in [0.15, 0.2) is 5.78 Å². The van der Waals surface area contributed by atoms with E-state index >= 15 is 0 Å². The van der Waals surface area contributed by atoms with Crippen molar-refractivity contribution in [2.24, 2.45) is 5.41 Å². The van der Waals surface area contributed by atoms with E-state index in [9.17, 15) is 4.79 Å². The number of fused-ring (bicyclic) bond motifs is 1. The van der Waals surface area contributed by atoms with Gasteiger partial charge in [0, 0.05) is 11.0 Å². The first-order valence-electron chi connectivity index (χ1n) is 10.7. The summed E-state index contributed by atoms with van der Waals surface area (Å²) in [6.07, 6.45) is 13.5. The monoisotopic (exact) mass is 342 g/mol. The zero-order valence-corrected chi connectivity index (χ0v) is 17.0. The fraction of sp³-hybridized carbons (Fsp3) is 0.708. The third-order valence-corrected chi connectivity index (χ3v) is 6.15. The lowest BCUT2D eigenvalue weighted by Gasteiger charge is -2.21. The Bertz CT molecular complexity index is 559. The second-order valence-electron chi connectivity index (χ2n) is 8.54. The van der Waals surface area contributed by atoms with E-state index in [0.717, 1.165) is 18.4 Å². The Kier molecular flexibility index (Phi) is 7.72. The van der Waals surface area contributed by atoms with E-state index in [0.29, 0.717) is 11.7 Å². The predicted octanol–water partition coefficient (Wildman–Crippen LogP) is 7.48. The fourth-order valence-electron chi connectivity index (χ4n) is 4.27. The van der Waals surface area contributed by atoms with Gasteiger partial charge < -0.3 is 0 Å². The van der Waals surface area contributed by atoms with Gasteiger partial charge in [-0.25, -0.2) is 0 Å². The summed E-state index contributed by atoms with van der Waals surface area (Å²) in [4.78, 5) is 13.1. The maximum atomic E-state index is 13.1. The van der Waals surface area contributed by atoms with Crippen LogP contribution in [0.4, 0.5) is 0 Å². The Labute approximate surface area is 155 Å². The first kappa shape index (κ1) is 20.2. The predicted molar refractivity (Wildman–Crippen MR) is 109 cm³/mol. The largest absolute Gasteiger partial charge is 0.294 e. The molecule has 1 aliphatic carbocycles. The van der Waals surface area contributed by atoms with Crippen molar-refractivity contribution >= 4 is 5.78 Å². The van der Waals surface area contributed by atoms with Gasteiger partial charge in [-0.15, -0.1) is 0 Å². The smallest absolute Gasteiger partial charge is 0.169 e. The minimum Gasteiger partial charge on any atom is -0.294 e. The number of unbranched alkanes of at least 4 members (excludes halogenated alkanes) is 6. The van der Waals surface area contributed by atoms with Gasteiger partial charge in [-0.1, -0.05) is 91.2 Å². The van der Waals surface area contributed by atoms with Crippen molar-refractivity contribution in [1.82, 2.24) is 0 Å². The first-order chi connectivity index (χ1) is 12.0. The molecule has 2 unspecified atom stereocenters. The number of benzene rings is 1. The lowest BCUT2D eigenvalue weighted by atomic mass is 9.81. The van der Waals surface area contributed by atoms with Crippen LogP contribution in [0.3, 0.4) is 0 Å². The molecule has 1 heteroatoms. The second kappa shape index (κ2) is 9.55. The van der Waals surface area contributed by atoms with E-state index < -0.39 is 0 Å². The highest BCUT2D eigenvalue weighted by Gasteiger charge is 2.40. The Morgan fingerprint density at radius 3 is 2.40 bits per heavy atom. The van der Waals surface area contributed by atoms with Crippen molar-refractivity contribution in [3.8, 4) is 0 Å². The van der Waals surface area contributed by atoms with Crippen LogP contribution in [0.1, 0.15) is 119 Å². The SMILES string of the molecule is CCCCCCCCC1(C)Cc2ccc(C(C)CCCC)cc2C1=O. The molecule has 1 aliphatic rings. The van der Waals surface area contributed by atoms with E-state index in [-0.39, 0.29) is 5.41 Å². The number of carbonyl (C=O) groups excluding carboxylic acids is 1. The molecular weight excluding hydrogens is 304 g/mol. The summed E-state index contributed by atoms with van der Waals surface area (Å²) in [6.45, 7) is 8.99. The van der Waals surface area contributed by atoms with Crippen LogP contribution in [0, 0.1) is 5.41 Å². The maximum Gasteiger partial charge on any atom is 0.169 e. The number of Topliss-reactive ketones (excluding diaryl/α,β-unsaturated/α-hetero) is 1. The highest BCUT2D eigenvalue weighted by molar-refractivity contribution is 6.04. The van der Waals surface area contributed by atoms with E-state index in [1.807, 2.05) is 0 Å². The van der Waals surface area contributed by atoms with E-state index in [1.54, 1.807) is 0 Å². The molecule has 2 rings (SSSR count). The molecule has 140 valence electrons. The third kappa shape index (κ3) is 5.19. The van der Waals surface area contributed by atoms with Crippen molar-refractivity contribution in [2.45, 2.75) is 104 Å². The van der Waals surface area contributed by atoms with E-state index in [1.165, 1.54) is 68.9 Å². The van der Waals surface area contributed by atoms with Crippen molar-refractivity contribution in [1.29, 1.82) is 0 Å². The highest BCUT2D eigenvalue weighted by Crippen LogP contribution is 2.41. The fourth-order valence-corrected chi connectivity index (χ4v) is 4.27. The molecule has 0 N–H and O–H groups in total. The second-order valence-corrected chi connectivity index (χ2v) is 8.54. The average molecular weight is 343 g/mol. The van der Waals surface area contributed by atoms with Gasteiger partial charge in [-0.2, -0.15) is 0 Å². The van der Waals surface area contributed by atoms with Crippen molar-refractivity contribution < 1.29 is 4.79 Å². The average Bonchev–Trinajstić information content (AvgIpc) is 2.86. The first-order valence-corrected chi connectivity index (χ1v) is 10.7. The van der Waals surface area contributed by atoms with Crippen LogP contribution in [-0.4, -0.2) is 5.78 Å². The molecule has 1 nitrogen and oxygen atoms in total. The van der Waals surface area contributed by atoms with Gasteiger partial charge in [0.05, 0.1) is 0 Å². The molecule has 0 saturated carbocycles. The summed E-state index contributed by atoms with van der Waals surface area (Å²) in [5, 5.41) is 0. The summed E-state index contributed by atoms with van der Waals surface area (Å²) in [7, 11) is 0. The van der Waals surface area contributed by atoms with Gasteiger partial charge in [0.25, 0.3) is 0 Å². The van der Waals surface area contributed by atoms with Crippen LogP contribution in [0.2, 0.25) is 0 Å².